The smallest absolute Gasteiger partial charge is 0.408 e. The standard InChI is InChI=1S/C16H26N2O3/c1-16(2,3)18(15(20)21)13(14(19)11-17-4)10-12-8-6-5-7-9-12/h5-9,13-14,17,19H,10-11H2,1-4H3,(H,20,21)/t13-,14+/m0/s1. The first-order valence-electron chi connectivity index (χ1n) is 7.16. The van der Waals surface area contributed by atoms with Gasteiger partial charge in [-0.2, -0.15) is 0 Å². The molecule has 3 N–H and O–H groups in total. The van der Waals surface area contributed by atoms with Crippen molar-refractivity contribution in [2.24, 2.45) is 0 Å². The van der Waals surface area contributed by atoms with E-state index < -0.39 is 23.8 Å². The molecule has 0 bridgehead atoms. The molecule has 118 valence electrons. The van der Waals surface area contributed by atoms with Gasteiger partial charge in [-0.25, -0.2) is 4.79 Å². The molecule has 0 fully saturated rings. The summed E-state index contributed by atoms with van der Waals surface area (Å²) in [6.45, 7) is 5.86. The van der Waals surface area contributed by atoms with Gasteiger partial charge < -0.3 is 15.5 Å². The van der Waals surface area contributed by atoms with Gasteiger partial charge in [0.2, 0.25) is 0 Å². The van der Waals surface area contributed by atoms with Crippen LogP contribution in [0.15, 0.2) is 30.3 Å². The number of carbonyl (C=O) groups is 1. The number of likely N-dealkylation sites (N-methyl/N-ethyl adjacent to an activating group) is 1. The van der Waals surface area contributed by atoms with Crippen molar-refractivity contribution in [1.29, 1.82) is 0 Å². The molecule has 1 aromatic rings. The Labute approximate surface area is 126 Å². The van der Waals surface area contributed by atoms with Crippen molar-refractivity contribution in [3.8, 4) is 0 Å². The first kappa shape index (κ1) is 17.5. The van der Waals surface area contributed by atoms with Crippen LogP contribution in [0.1, 0.15) is 26.3 Å². The Bertz CT molecular complexity index is 443. The first-order chi connectivity index (χ1) is 9.77. The minimum atomic E-state index is -1.02. The van der Waals surface area contributed by atoms with Gasteiger partial charge in [0.1, 0.15) is 0 Å². The highest BCUT2D eigenvalue weighted by atomic mass is 16.4. The van der Waals surface area contributed by atoms with Crippen LogP contribution in [0, 0.1) is 0 Å². The number of nitrogens with one attached hydrogen (secondary N) is 1. The SMILES string of the molecule is CNC[C@@H](O)[C@H](Cc1ccccc1)N(C(=O)O)C(C)(C)C. The van der Waals surface area contributed by atoms with E-state index in [9.17, 15) is 15.0 Å². The van der Waals surface area contributed by atoms with Crippen LogP contribution in [-0.4, -0.2) is 52.5 Å². The first-order valence-corrected chi connectivity index (χ1v) is 7.16. The van der Waals surface area contributed by atoms with Crippen LogP contribution >= 0.6 is 0 Å². The molecule has 0 aliphatic heterocycles. The minimum Gasteiger partial charge on any atom is -0.465 e. The molecule has 0 saturated heterocycles. The summed E-state index contributed by atoms with van der Waals surface area (Å²) in [5.74, 6) is 0. The van der Waals surface area contributed by atoms with Gasteiger partial charge in [0.15, 0.2) is 0 Å². The van der Waals surface area contributed by atoms with E-state index in [4.69, 9.17) is 0 Å². The van der Waals surface area contributed by atoms with Crippen LogP contribution in [0.5, 0.6) is 0 Å². The van der Waals surface area contributed by atoms with Crippen molar-refractivity contribution in [3.63, 3.8) is 0 Å². The zero-order chi connectivity index (χ0) is 16.0. The van der Waals surface area contributed by atoms with Crippen molar-refractivity contribution in [3.05, 3.63) is 35.9 Å². The molecule has 2 atom stereocenters. The second-order valence-corrected chi connectivity index (χ2v) is 6.21. The van der Waals surface area contributed by atoms with Gasteiger partial charge in [-0.05, 0) is 39.8 Å². The maximum absolute atomic E-state index is 11.7. The van der Waals surface area contributed by atoms with Gasteiger partial charge in [0.05, 0.1) is 12.1 Å². The Morgan fingerprint density at radius 1 is 1.29 bits per heavy atom. The third kappa shape index (κ3) is 5.02. The van der Waals surface area contributed by atoms with Gasteiger partial charge in [0, 0.05) is 12.1 Å². The number of hydrogen-bond acceptors (Lipinski definition) is 3. The van der Waals surface area contributed by atoms with Gasteiger partial charge >= 0.3 is 6.09 Å². The van der Waals surface area contributed by atoms with E-state index in [1.54, 1.807) is 7.05 Å². The average Bonchev–Trinajstić information content (AvgIpc) is 2.37. The molecule has 0 spiro atoms. The zero-order valence-electron chi connectivity index (χ0n) is 13.2. The summed E-state index contributed by atoms with van der Waals surface area (Å²) in [5.41, 5.74) is 0.424. The molecule has 0 aliphatic rings. The monoisotopic (exact) mass is 294 g/mol. The van der Waals surface area contributed by atoms with E-state index >= 15 is 0 Å². The van der Waals surface area contributed by atoms with E-state index in [2.05, 4.69) is 5.32 Å². The molecule has 5 heteroatoms. The zero-order valence-corrected chi connectivity index (χ0v) is 13.2. The summed E-state index contributed by atoms with van der Waals surface area (Å²) >= 11 is 0. The van der Waals surface area contributed by atoms with Gasteiger partial charge in [-0.15, -0.1) is 0 Å². The van der Waals surface area contributed by atoms with E-state index in [1.807, 2.05) is 51.1 Å². The fourth-order valence-corrected chi connectivity index (χ4v) is 2.53. The fraction of sp³-hybridized carbons (Fsp3) is 0.562. The Kier molecular flexibility index (Phi) is 6.18. The molecular formula is C16H26N2O3. The van der Waals surface area contributed by atoms with Crippen LogP contribution in [-0.2, 0) is 6.42 Å². The average molecular weight is 294 g/mol. The summed E-state index contributed by atoms with van der Waals surface area (Å²) in [7, 11) is 1.74. The summed E-state index contributed by atoms with van der Waals surface area (Å²) in [6, 6.07) is 9.14. The van der Waals surface area contributed by atoms with Crippen molar-refractivity contribution in [1.82, 2.24) is 10.2 Å². The van der Waals surface area contributed by atoms with Gasteiger partial charge in [-0.3, -0.25) is 4.90 Å². The van der Waals surface area contributed by atoms with E-state index in [0.29, 0.717) is 13.0 Å². The molecule has 21 heavy (non-hydrogen) atoms. The second kappa shape index (κ2) is 7.43. The van der Waals surface area contributed by atoms with Gasteiger partial charge in [0.25, 0.3) is 0 Å². The molecule has 0 aliphatic carbocycles. The van der Waals surface area contributed by atoms with E-state index in [0.717, 1.165) is 5.56 Å². The molecule has 0 saturated carbocycles. The number of aliphatic hydroxyl groups is 1. The molecule has 0 radical (unpaired) electrons. The summed E-state index contributed by atoms with van der Waals surface area (Å²) in [4.78, 5) is 13.0. The predicted octanol–water partition coefficient (Wildman–Crippen LogP) is 1.96. The van der Waals surface area contributed by atoms with Crippen molar-refractivity contribution < 1.29 is 15.0 Å². The molecule has 0 unspecified atom stereocenters. The Hall–Kier alpha value is -1.59. The highest BCUT2D eigenvalue weighted by molar-refractivity contribution is 5.66. The topological polar surface area (TPSA) is 72.8 Å². The molecule has 5 nitrogen and oxygen atoms in total. The highest BCUT2D eigenvalue weighted by Crippen LogP contribution is 2.22. The van der Waals surface area contributed by atoms with Crippen molar-refractivity contribution in [2.45, 2.75) is 44.9 Å². The van der Waals surface area contributed by atoms with E-state index in [1.165, 1.54) is 4.90 Å². The molecule has 0 heterocycles. The lowest BCUT2D eigenvalue weighted by molar-refractivity contribution is 0.00848. The Morgan fingerprint density at radius 2 is 1.86 bits per heavy atom. The maximum Gasteiger partial charge on any atom is 0.408 e. The fourth-order valence-electron chi connectivity index (χ4n) is 2.53. The van der Waals surface area contributed by atoms with Crippen molar-refractivity contribution in [2.75, 3.05) is 13.6 Å². The van der Waals surface area contributed by atoms with Crippen LogP contribution in [0.2, 0.25) is 0 Å². The van der Waals surface area contributed by atoms with E-state index in [-0.39, 0.29) is 0 Å². The summed E-state index contributed by atoms with van der Waals surface area (Å²) in [6.07, 6.45) is -1.31. The largest absolute Gasteiger partial charge is 0.465 e. The van der Waals surface area contributed by atoms with Gasteiger partial charge in [-0.1, -0.05) is 30.3 Å². The quantitative estimate of drug-likeness (QED) is 0.750. The van der Waals surface area contributed by atoms with Crippen LogP contribution in [0.25, 0.3) is 0 Å². The number of hydrogen-bond donors (Lipinski definition) is 3. The maximum atomic E-state index is 11.7. The second-order valence-electron chi connectivity index (χ2n) is 6.21. The third-order valence-corrected chi connectivity index (χ3v) is 3.41. The molecule has 0 aromatic heterocycles. The Morgan fingerprint density at radius 3 is 2.29 bits per heavy atom. The number of nitrogens with zero attached hydrogens (tertiary/aromatic N) is 1. The van der Waals surface area contributed by atoms with Crippen LogP contribution in [0.3, 0.4) is 0 Å². The number of benzene rings is 1. The number of rotatable bonds is 6. The third-order valence-electron chi connectivity index (χ3n) is 3.41. The lowest BCUT2D eigenvalue weighted by Gasteiger charge is -2.41. The number of carboxylic acid groups (broad SMARTS) is 1. The lowest BCUT2D eigenvalue weighted by Crippen LogP contribution is -2.57. The van der Waals surface area contributed by atoms with Crippen LogP contribution < -0.4 is 5.32 Å². The highest BCUT2D eigenvalue weighted by Gasteiger charge is 2.36. The lowest BCUT2D eigenvalue weighted by atomic mass is 9.94. The number of amides is 1. The Balaban J connectivity index is 3.08. The van der Waals surface area contributed by atoms with Crippen molar-refractivity contribution >= 4 is 6.09 Å². The number of aliphatic hydroxyl groups excluding tert-OH is 1. The normalized spacial score (nSPS) is 14.5. The predicted molar refractivity (Wildman–Crippen MR) is 83.5 cm³/mol. The molecule has 1 rings (SSSR count). The molecular weight excluding hydrogens is 268 g/mol. The summed E-state index contributed by atoms with van der Waals surface area (Å²) < 4.78 is 0. The molecule has 1 aromatic carbocycles. The van der Waals surface area contributed by atoms with Crippen LogP contribution in [0.4, 0.5) is 4.79 Å². The minimum absolute atomic E-state index is 0.345. The molecule has 1 amide bonds. The summed E-state index contributed by atoms with van der Waals surface area (Å²) in [5, 5.41) is 22.9.